The molecule has 0 saturated carbocycles. The van der Waals surface area contributed by atoms with Gasteiger partial charge in [0.15, 0.2) is 0 Å². The third-order valence-corrected chi connectivity index (χ3v) is 3.62. The Hall–Kier alpha value is -1.42. The van der Waals surface area contributed by atoms with Crippen LogP contribution in [0.2, 0.25) is 0 Å². The first-order valence-electron chi connectivity index (χ1n) is 6.33. The number of hydrogen-bond donors (Lipinski definition) is 2. The first-order valence-corrected chi connectivity index (χ1v) is 6.33. The van der Waals surface area contributed by atoms with E-state index in [4.69, 9.17) is 0 Å². The first-order chi connectivity index (χ1) is 8.52. The quantitative estimate of drug-likeness (QED) is 0.867. The van der Waals surface area contributed by atoms with Crippen molar-refractivity contribution in [1.82, 2.24) is 0 Å². The van der Waals surface area contributed by atoms with Crippen LogP contribution in [0.4, 0.5) is 10.1 Å². The van der Waals surface area contributed by atoms with Crippen molar-refractivity contribution in [2.24, 2.45) is 5.92 Å². The number of aliphatic hydroxyl groups is 1. The van der Waals surface area contributed by atoms with Crippen molar-refractivity contribution in [3.63, 3.8) is 0 Å². The van der Waals surface area contributed by atoms with Crippen LogP contribution in [0.1, 0.15) is 43.9 Å². The summed E-state index contributed by atoms with van der Waals surface area (Å²) in [6, 6.07) is 2.99. The number of anilines is 1. The number of fused-ring (bicyclic) bond motifs is 1. The highest BCUT2D eigenvalue weighted by molar-refractivity contribution is 5.93. The Morgan fingerprint density at radius 2 is 2.17 bits per heavy atom. The number of carbonyl (C=O) groups excluding carboxylic acids is 1. The lowest BCUT2D eigenvalue weighted by atomic mass is 9.91. The molecule has 1 amide bonds. The van der Waals surface area contributed by atoms with Crippen LogP contribution in [0.25, 0.3) is 0 Å². The molecule has 0 spiro atoms. The molecule has 0 aromatic heterocycles. The van der Waals surface area contributed by atoms with E-state index >= 15 is 0 Å². The van der Waals surface area contributed by atoms with E-state index in [-0.39, 0.29) is 11.8 Å². The number of nitrogens with one attached hydrogen (secondary N) is 1. The van der Waals surface area contributed by atoms with Crippen molar-refractivity contribution >= 4 is 11.6 Å². The second-order valence-corrected chi connectivity index (χ2v) is 4.91. The molecule has 1 aliphatic rings. The second-order valence-electron chi connectivity index (χ2n) is 4.91. The maximum Gasteiger partial charge on any atom is 0.224 e. The fourth-order valence-corrected chi connectivity index (χ4v) is 2.18. The van der Waals surface area contributed by atoms with Gasteiger partial charge in [0.25, 0.3) is 0 Å². The minimum Gasteiger partial charge on any atom is -0.388 e. The number of rotatable bonds is 3. The topological polar surface area (TPSA) is 49.3 Å². The Morgan fingerprint density at radius 3 is 2.83 bits per heavy atom. The molecule has 2 N–H and O–H groups in total. The van der Waals surface area contributed by atoms with Crippen LogP contribution in [-0.4, -0.2) is 11.0 Å². The van der Waals surface area contributed by atoms with Crippen molar-refractivity contribution in [1.29, 1.82) is 0 Å². The lowest BCUT2D eigenvalue weighted by molar-refractivity contribution is -0.116. The molecule has 18 heavy (non-hydrogen) atoms. The Morgan fingerprint density at radius 1 is 1.44 bits per heavy atom. The number of halogens is 1. The van der Waals surface area contributed by atoms with Gasteiger partial charge in [-0.3, -0.25) is 4.79 Å². The molecule has 2 unspecified atom stereocenters. The molecule has 2 rings (SSSR count). The Balaban J connectivity index is 2.36. The standard InChI is InChI=1S/C14H18FNO2/c1-3-8(2)14(18)10-6-9-4-5-13(17)16-12(9)7-11(10)15/h6-8,14,18H,3-5H2,1-2H3,(H,16,17). The summed E-state index contributed by atoms with van der Waals surface area (Å²) in [7, 11) is 0. The number of carbonyl (C=O) groups is 1. The largest absolute Gasteiger partial charge is 0.388 e. The Kier molecular flexibility index (Phi) is 3.66. The van der Waals surface area contributed by atoms with Gasteiger partial charge in [0.1, 0.15) is 5.82 Å². The van der Waals surface area contributed by atoms with Crippen LogP contribution in [0.15, 0.2) is 12.1 Å². The molecule has 0 bridgehead atoms. The molecule has 1 aromatic carbocycles. The minimum absolute atomic E-state index is 0.00994. The molecule has 1 aromatic rings. The summed E-state index contributed by atoms with van der Waals surface area (Å²) in [6.07, 6.45) is 1.01. The van der Waals surface area contributed by atoms with Crippen molar-refractivity contribution in [2.45, 2.75) is 39.2 Å². The molecule has 0 aliphatic carbocycles. The van der Waals surface area contributed by atoms with Gasteiger partial charge in [0, 0.05) is 17.7 Å². The zero-order chi connectivity index (χ0) is 13.3. The van der Waals surface area contributed by atoms with Gasteiger partial charge in [-0.15, -0.1) is 0 Å². The predicted molar refractivity (Wildman–Crippen MR) is 67.8 cm³/mol. The molecular weight excluding hydrogens is 233 g/mol. The van der Waals surface area contributed by atoms with E-state index in [9.17, 15) is 14.3 Å². The summed E-state index contributed by atoms with van der Waals surface area (Å²) in [6.45, 7) is 3.86. The van der Waals surface area contributed by atoms with E-state index in [0.29, 0.717) is 24.1 Å². The normalized spacial score (nSPS) is 17.9. The SMILES string of the molecule is CCC(C)C(O)c1cc2c(cc1F)NC(=O)CC2. The van der Waals surface area contributed by atoms with Crippen LogP contribution < -0.4 is 5.32 Å². The van der Waals surface area contributed by atoms with E-state index in [1.807, 2.05) is 13.8 Å². The smallest absolute Gasteiger partial charge is 0.224 e. The first kappa shape index (κ1) is 13.0. The summed E-state index contributed by atoms with van der Waals surface area (Å²) < 4.78 is 13.9. The summed E-state index contributed by atoms with van der Waals surface area (Å²) in [4.78, 5) is 11.2. The van der Waals surface area contributed by atoms with Crippen LogP contribution in [0.3, 0.4) is 0 Å². The van der Waals surface area contributed by atoms with Gasteiger partial charge in [-0.1, -0.05) is 20.3 Å². The van der Waals surface area contributed by atoms with Crippen molar-refractivity contribution in [2.75, 3.05) is 5.32 Å². The molecule has 4 heteroatoms. The summed E-state index contributed by atoms with van der Waals surface area (Å²) in [5.41, 5.74) is 1.76. The van der Waals surface area contributed by atoms with Crippen LogP contribution in [0, 0.1) is 11.7 Å². The molecule has 1 heterocycles. The van der Waals surface area contributed by atoms with E-state index in [2.05, 4.69) is 5.32 Å². The molecule has 2 atom stereocenters. The number of benzene rings is 1. The van der Waals surface area contributed by atoms with Gasteiger partial charge in [-0.2, -0.15) is 0 Å². The fraction of sp³-hybridized carbons (Fsp3) is 0.500. The highest BCUT2D eigenvalue weighted by atomic mass is 19.1. The predicted octanol–water partition coefficient (Wildman–Crippen LogP) is 2.79. The lowest BCUT2D eigenvalue weighted by Gasteiger charge is -2.22. The van der Waals surface area contributed by atoms with Crippen molar-refractivity contribution in [3.05, 3.63) is 29.1 Å². The van der Waals surface area contributed by atoms with Gasteiger partial charge < -0.3 is 10.4 Å². The zero-order valence-electron chi connectivity index (χ0n) is 10.7. The second kappa shape index (κ2) is 5.06. The fourth-order valence-electron chi connectivity index (χ4n) is 2.18. The lowest BCUT2D eigenvalue weighted by Crippen LogP contribution is -2.20. The Bertz CT molecular complexity index is 473. The van der Waals surface area contributed by atoms with E-state index < -0.39 is 11.9 Å². The minimum atomic E-state index is -0.794. The van der Waals surface area contributed by atoms with Crippen molar-refractivity contribution in [3.8, 4) is 0 Å². The van der Waals surface area contributed by atoms with Gasteiger partial charge in [-0.05, 0) is 30.0 Å². The monoisotopic (exact) mass is 251 g/mol. The summed E-state index contributed by atoms with van der Waals surface area (Å²) in [5, 5.41) is 12.7. The van der Waals surface area contributed by atoms with Gasteiger partial charge in [0.2, 0.25) is 5.91 Å². The third kappa shape index (κ3) is 2.38. The number of aryl methyl sites for hydroxylation is 1. The number of hydrogen-bond acceptors (Lipinski definition) is 2. The van der Waals surface area contributed by atoms with E-state index in [1.54, 1.807) is 6.07 Å². The van der Waals surface area contributed by atoms with Crippen LogP contribution in [0.5, 0.6) is 0 Å². The average molecular weight is 251 g/mol. The van der Waals surface area contributed by atoms with Crippen LogP contribution in [-0.2, 0) is 11.2 Å². The summed E-state index contributed by atoms with van der Waals surface area (Å²) in [5.74, 6) is -0.531. The van der Waals surface area contributed by atoms with Crippen molar-refractivity contribution < 1.29 is 14.3 Å². The van der Waals surface area contributed by atoms with Gasteiger partial charge in [-0.25, -0.2) is 4.39 Å². The van der Waals surface area contributed by atoms with Gasteiger partial charge in [0.05, 0.1) is 6.10 Å². The third-order valence-electron chi connectivity index (χ3n) is 3.62. The maximum atomic E-state index is 13.9. The molecule has 0 fully saturated rings. The van der Waals surface area contributed by atoms with Gasteiger partial charge >= 0.3 is 0 Å². The molecule has 1 aliphatic heterocycles. The molecular formula is C14H18FNO2. The highest BCUT2D eigenvalue weighted by Crippen LogP contribution is 2.32. The van der Waals surface area contributed by atoms with E-state index in [0.717, 1.165) is 12.0 Å². The zero-order valence-corrected chi connectivity index (χ0v) is 10.7. The molecule has 98 valence electrons. The summed E-state index contributed by atoms with van der Waals surface area (Å²) >= 11 is 0. The molecule has 0 radical (unpaired) electrons. The number of amides is 1. The number of aliphatic hydroxyl groups excluding tert-OH is 1. The average Bonchev–Trinajstić information content (AvgIpc) is 2.36. The van der Waals surface area contributed by atoms with E-state index in [1.165, 1.54) is 6.07 Å². The molecule has 3 nitrogen and oxygen atoms in total. The maximum absolute atomic E-state index is 13.9. The van der Waals surface area contributed by atoms with Crippen LogP contribution >= 0.6 is 0 Å². The molecule has 0 saturated heterocycles. The Labute approximate surface area is 106 Å². The highest BCUT2D eigenvalue weighted by Gasteiger charge is 2.23.